The maximum atomic E-state index is 13.3. The first-order chi connectivity index (χ1) is 17.0. The van der Waals surface area contributed by atoms with Gasteiger partial charge in [0.25, 0.3) is 11.8 Å². The van der Waals surface area contributed by atoms with Crippen molar-refractivity contribution < 1.29 is 9.59 Å². The molecular formula is C28H27ClN4O2. The molecule has 0 saturated heterocycles. The predicted octanol–water partition coefficient (Wildman–Crippen LogP) is 5.70. The first kappa shape index (κ1) is 23.1. The van der Waals surface area contributed by atoms with Crippen LogP contribution < -0.4 is 5.32 Å². The number of nitrogens with one attached hydrogen (secondary N) is 2. The van der Waals surface area contributed by atoms with Crippen molar-refractivity contribution in [1.29, 1.82) is 0 Å². The van der Waals surface area contributed by atoms with Crippen LogP contribution in [0.4, 0.5) is 0 Å². The highest BCUT2D eigenvalue weighted by Crippen LogP contribution is 2.26. The van der Waals surface area contributed by atoms with Gasteiger partial charge in [0.05, 0.1) is 11.7 Å². The molecule has 0 unspecified atom stereocenters. The quantitative estimate of drug-likeness (QED) is 0.380. The number of pyridine rings is 1. The topological polar surface area (TPSA) is 78.1 Å². The van der Waals surface area contributed by atoms with Gasteiger partial charge in [-0.25, -0.2) is 0 Å². The van der Waals surface area contributed by atoms with Crippen LogP contribution in [0.5, 0.6) is 0 Å². The fourth-order valence-electron chi connectivity index (χ4n) is 4.89. The lowest BCUT2D eigenvalue weighted by molar-refractivity contribution is 0.0625. The molecule has 2 atom stereocenters. The number of hydrogen-bond acceptors (Lipinski definition) is 3. The summed E-state index contributed by atoms with van der Waals surface area (Å²) in [6.45, 7) is 0. The number of likely N-dealkylation sites (N-methyl/N-ethyl adjacent to an activating group) is 1. The van der Waals surface area contributed by atoms with E-state index in [2.05, 4.69) is 15.3 Å². The lowest BCUT2D eigenvalue weighted by atomic mass is 9.88. The molecule has 2 aromatic heterocycles. The first-order valence-corrected chi connectivity index (χ1v) is 12.2. The molecular weight excluding hydrogens is 460 g/mol. The third-order valence-electron chi connectivity index (χ3n) is 6.78. The van der Waals surface area contributed by atoms with E-state index in [-0.39, 0.29) is 23.9 Å². The fourth-order valence-corrected chi connectivity index (χ4v) is 5.07. The van der Waals surface area contributed by atoms with E-state index in [0.717, 1.165) is 47.8 Å². The summed E-state index contributed by atoms with van der Waals surface area (Å²) in [7, 11) is 1.83. The number of fused-ring (bicyclic) bond motifs is 1. The van der Waals surface area contributed by atoms with Gasteiger partial charge in [-0.15, -0.1) is 0 Å². The van der Waals surface area contributed by atoms with E-state index in [9.17, 15) is 9.59 Å². The molecule has 1 fully saturated rings. The summed E-state index contributed by atoms with van der Waals surface area (Å²) in [6.07, 6.45) is 5.48. The summed E-state index contributed by atoms with van der Waals surface area (Å²) in [5, 5.41) is 4.69. The lowest BCUT2D eigenvalue weighted by Gasteiger charge is -2.38. The van der Waals surface area contributed by atoms with E-state index < -0.39 is 0 Å². The molecule has 0 spiro atoms. The standard InChI is InChI=1S/C28H27ClN4O2/c1-33(28(35)19-11-9-18(10-12-19)22-6-4-5-15-30-22)26-8-3-2-7-24(26)32-27(34)25-17-20-16-21(29)13-14-23(20)31-25/h4-6,9-17,24,26,31H,2-3,7-8H2,1H3,(H,32,34)/t24-,26+/m0/s1. The molecule has 0 radical (unpaired) electrons. The second kappa shape index (κ2) is 9.92. The third-order valence-corrected chi connectivity index (χ3v) is 7.02. The average Bonchev–Trinajstić information content (AvgIpc) is 3.32. The normalized spacial score (nSPS) is 17.8. The number of rotatable bonds is 5. The number of H-pyrrole nitrogens is 1. The number of carbonyl (C=O) groups is 2. The molecule has 35 heavy (non-hydrogen) atoms. The maximum Gasteiger partial charge on any atom is 0.268 e. The number of aromatic nitrogens is 2. The summed E-state index contributed by atoms with van der Waals surface area (Å²) in [4.78, 5) is 35.7. The van der Waals surface area contributed by atoms with E-state index in [1.807, 2.05) is 67.7 Å². The van der Waals surface area contributed by atoms with E-state index >= 15 is 0 Å². The van der Waals surface area contributed by atoms with Crippen molar-refractivity contribution in [2.75, 3.05) is 7.05 Å². The van der Waals surface area contributed by atoms with Crippen molar-refractivity contribution in [3.8, 4) is 11.3 Å². The Balaban J connectivity index is 1.30. The molecule has 178 valence electrons. The van der Waals surface area contributed by atoms with Crippen LogP contribution in [0.1, 0.15) is 46.5 Å². The summed E-state index contributed by atoms with van der Waals surface area (Å²) in [5.74, 6) is -0.223. The molecule has 1 aliphatic carbocycles. The molecule has 0 bridgehead atoms. The van der Waals surface area contributed by atoms with Gasteiger partial charge in [-0.3, -0.25) is 14.6 Å². The third kappa shape index (κ3) is 4.93. The Morgan fingerprint density at radius 2 is 1.83 bits per heavy atom. The summed E-state index contributed by atoms with van der Waals surface area (Å²) in [5.41, 5.74) is 3.81. The Morgan fingerprint density at radius 1 is 1.03 bits per heavy atom. The average molecular weight is 487 g/mol. The highest BCUT2D eigenvalue weighted by atomic mass is 35.5. The second-order valence-corrected chi connectivity index (χ2v) is 9.49. The number of aromatic amines is 1. The number of carbonyl (C=O) groups excluding carboxylic acids is 2. The van der Waals surface area contributed by atoms with E-state index in [1.54, 1.807) is 17.2 Å². The maximum absolute atomic E-state index is 13.3. The Morgan fingerprint density at radius 3 is 2.60 bits per heavy atom. The van der Waals surface area contributed by atoms with Gasteiger partial charge in [0, 0.05) is 46.3 Å². The van der Waals surface area contributed by atoms with Gasteiger partial charge < -0.3 is 15.2 Å². The highest BCUT2D eigenvalue weighted by molar-refractivity contribution is 6.31. The number of benzene rings is 2. The molecule has 2 heterocycles. The lowest BCUT2D eigenvalue weighted by Crippen LogP contribution is -2.53. The minimum Gasteiger partial charge on any atom is -0.351 e. The Kier molecular flexibility index (Phi) is 6.55. The number of halogens is 1. The monoisotopic (exact) mass is 486 g/mol. The number of hydrogen-bond donors (Lipinski definition) is 2. The van der Waals surface area contributed by atoms with E-state index in [4.69, 9.17) is 11.6 Å². The van der Waals surface area contributed by atoms with Crippen molar-refractivity contribution in [3.05, 3.63) is 89.2 Å². The second-order valence-electron chi connectivity index (χ2n) is 9.05. The molecule has 6 nitrogen and oxygen atoms in total. The minimum absolute atomic E-state index is 0.0519. The zero-order valence-corrected chi connectivity index (χ0v) is 20.3. The van der Waals surface area contributed by atoms with Crippen molar-refractivity contribution in [2.24, 2.45) is 0 Å². The van der Waals surface area contributed by atoms with Crippen LogP contribution >= 0.6 is 11.6 Å². The molecule has 2 aromatic carbocycles. The van der Waals surface area contributed by atoms with Gasteiger partial charge in [0.1, 0.15) is 5.69 Å². The van der Waals surface area contributed by atoms with Gasteiger partial charge in [-0.05, 0) is 61.4 Å². The van der Waals surface area contributed by atoms with Gasteiger partial charge in [0.15, 0.2) is 0 Å². The zero-order chi connectivity index (χ0) is 24.4. The molecule has 2 amide bonds. The predicted molar refractivity (Wildman–Crippen MR) is 139 cm³/mol. The van der Waals surface area contributed by atoms with Gasteiger partial charge >= 0.3 is 0 Å². The smallest absolute Gasteiger partial charge is 0.268 e. The van der Waals surface area contributed by atoms with Crippen LogP contribution in [0.15, 0.2) is 72.9 Å². The van der Waals surface area contributed by atoms with E-state index in [0.29, 0.717) is 16.3 Å². The van der Waals surface area contributed by atoms with E-state index in [1.165, 1.54) is 0 Å². The van der Waals surface area contributed by atoms with Crippen molar-refractivity contribution in [1.82, 2.24) is 20.2 Å². The SMILES string of the molecule is CN(C(=O)c1ccc(-c2ccccn2)cc1)[C@@H]1CCCC[C@@H]1NC(=O)c1cc2cc(Cl)ccc2[nH]1. The molecule has 2 N–H and O–H groups in total. The van der Waals surface area contributed by atoms with Gasteiger partial charge in [-0.2, -0.15) is 0 Å². The van der Waals surface area contributed by atoms with Gasteiger partial charge in [0.2, 0.25) is 0 Å². The molecule has 7 heteroatoms. The highest BCUT2D eigenvalue weighted by Gasteiger charge is 2.32. The van der Waals surface area contributed by atoms with Gasteiger partial charge in [-0.1, -0.05) is 42.6 Å². The van der Waals surface area contributed by atoms with Crippen LogP contribution in [0.3, 0.4) is 0 Å². The summed E-state index contributed by atoms with van der Waals surface area (Å²) in [6, 6.07) is 20.4. The summed E-state index contributed by atoms with van der Waals surface area (Å²) >= 11 is 6.08. The van der Waals surface area contributed by atoms with Crippen LogP contribution in [-0.4, -0.2) is 45.8 Å². The minimum atomic E-state index is -0.171. The zero-order valence-electron chi connectivity index (χ0n) is 19.5. The molecule has 4 aromatic rings. The summed E-state index contributed by atoms with van der Waals surface area (Å²) < 4.78 is 0. The van der Waals surface area contributed by atoms with Crippen LogP contribution in [0.2, 0.25) is 5.02 Å². The molecule has 1 aliphatic rings. The fraction of sp³-hybridized carbons (Fsp3) is 0.250. The van der Waals surface area contributed by atoms with Crippen molar-refractivity contribution >= 4 is 34.3 Å². The van der Waals surface area contributed by atoms with Crippen LogP contribution in [0, 0.1) is 0 Å². The van der Waals surface area contributed by atoms with Crippen molar-refractivity contribution in [2.45, 2.75) is 37.8 Å². The number of nitrogens with zero attached hydrogens (tertiary/aromatic N) is 2. The Labute approximate surface area is 209 Å². The first-order valence-electron chi connectivity index (χ1n) is 11.9. The largest absolute Gasteiger partial charge is 0.351 e. The Hall–Kier alpha value is -3.64. The molecule has 5 rings (SSSR count). The van der Waals surface area contributed by atoms with Crippen molar-refractivity contribution in [3.63, 3.8) is 0 Å². The molecule has 1 saturated carbocycles. The Bertz CT molecular complexity index is 1350. The van der Waals surface area contributed by atoms with Crippen LogP contribution in [-0.2, 0) is 0 Å². The van der Waals surface area contributed by atoms with Crippen LogP contribution in [0.25, 0.3) is 22.2 Å². The molecule has 0 aliphatic heterocycles. The number of amides is 2.